The largest absolute Gasteiger partial charge is 0.389 e. The number of rotatable bonds is 3. The van der Waals surface area contributed by atoms with Crippen molar-refractivity contribution >= 4 is 0 Å². The van der Waals surface area contributed by atoms with E-state index in [0.717, 1.165) is 31.3 Å². The zero-order chi connectivity index (χ0) is 11.5. The first-order valence-corrected chi connectivity index (χ1v) is 5.96. The summed E-state index contributed by atoms with van der Waals surface area (Å²) in [6, 6.07) is 0. The topological polar surface area (TPSA) is 20.2 Å². The van der Waals surface area contributed by atoms with Gasteiger partial charge in [0.25, 0.3) is 0 Å². The van der Waals surface area contributed by atoms with E-state index in [9.17, 15) is 5.11 Å². The van der Waals surface area contributed by atoms with E-state index in [-0.39, 0.29) is 11.5 Å². The van der Waals surface area contributed by atoms with Gasteiger partial charge in [-0.2, -0.15) is 0 Å². The van der Waals surface area contributed by atoms with E-state index >= 15 is 0 Å². The Bertz CT molecular complexity index is 261. The van der Waals surface area contributed by atoms with Crippen LogP contribution >= 0.6 is 0 Å². The highest BCUT2D eigenvalue weighted by Crippen LogP contribution is 2.43. The summed E-state index contributed by atoms with van der Waals surface area (Å²) in [5.74, 6) is 0. The molecule has 0 bridgehead atoms. The predicted molar refractivity (Wildman–Crippen MR) is 65.8 cm³/mol. The molecular weight excluding hydrogens is 184 g/mol. The van der Waals surface area contributed by atoms with E-state index in [4.69, 9.17) is 0 Å². The number of aliphatic hydroxyl groups excluding tert-OH is 1. The number of hydrogen-bond donors (Lipinski definition) is 1. The molecule has 0 aliphatic heterocycles. The van der Waals surface area contributed by atoms with Crippen LogP contribution in [0.4, 0.5) is 0 Å². The summed E-state index contributed by atoms with van der Waals surface area (Å²) in [5, 5.41) is 9.81. The lowest BCUT2D eigenvalue weighted by Crippen LogP contribution is -2.31. The second-order valence-corrected chi connectivity index (χ2v) is 5.31. The van der Waals surface area contributed by atoms with Crippen molar-refractivity contribution in [3.63, 3.8) is 0 Å². The van der Waals surface area contributed by atoms with Gasteiger partial charge in [-0.3, -0.25) is 0 Å². The number of allylic oxidation sites excluding steroid dienone is 2. The molecule has 1 heteroatoms. The van der Waals surface area contributed by atoms with Crippen molar-refractivity contribution in [2.45, 2.75) is 59.0 Å². The molecule has 1 saturated carbocycles. The van der Waals surface area contributed by atoms with Crippen LogP contribution in [0, 0.1) is 5.41 Å². The Morgan fingerprint density at radius 1 is 1.60 bits per heavy atom. The third kappa shape index (κ3) is 3.20. The Labute approximate surface area is 93.9 Å². The summed E-state index contributed by atoms with van der Waals surface area (Å²) < 4.78 is 0. The molecule has 0 aromatic rings. The molecule has 1 N–H and O–H groups in total. The highest BCUT2D eigenvalue weighted by atomic mass is 16.3. The molecule has 1 nitrogen and oxygen atoms in total. The summed E-state index contributed by atoms with van der Waals surface area (Å²) in [5.41, 5.74) is 2.58. The summed E-state index contributed by atoms with van der Waals surface area (Å²) in [6.45, 7) is 10.6. The maximum absolute atomic E-state index is 9.81. The molecule has 0 radical (unpaired) electrons. The first-order valence-electron chi connectivity index (χ1n) is 5.96. The molecular formula is C14H24O. The molecule has 2 atom stereocenters. The summed E-state index contributed by atoms with van der Waals surface area (Å²) in [6.07, 6.45) is 7.44. The van der Waals surface area contributed by atoms with Gasteiger partial charge >= 0.3 is 0 Å². The Kier molecular flexibility index (Phi) is 4.15. The average molecular weight is 208 g/mol. The summed E-state index contributed by atoms with van der Waals surface area (Å²) in [4.78, 5) is 0. The second kappa shape index (κ2) is 4.98. The normalized spacial score (nSPS) is 31.5. The third-order valence-corrected chi connectivity index (χ3v) is 3.63. The molecule has 0 heterocycles. The van der Waals surface area contributed by atoms with Crippen molar-refractivity contribution < 1.29 is 5.11 Å². The van der Waals surface area contributed by atoms with Gasteiger partial charge in [0, 0.05) is 0 Å². The highest BCUT2D eigenvalue weighted by molar-refractivity contribution is 5.17. The van der Waals surface area contributed by atoms with Gasteiger partial charge in [-0.15, -0.1) is 0 Å². The Morgan fingerprint density at radius 3 is 2.87 bits per heavy atom. The lowest BCUT2D eigenvalue weighted by atomic mass is 9.68. The predicted octanol–water partition coefficient (Wildman–Crippen LogP) is 3.84. The van der Waals surface area contributed by atoms with Crippen LogP contribution in [0.2, 0.25) is 0 Å². The Morgan fingerprint density at radius 2 is 2.27 bits per heavy atom. The van der Waals surface area contributed by atoms with Crippen molar-refractivity contribution in [3.8, 4) is 0 Å². The molecule has 1 aliphatic rings. The summed E-state index contributed by atoms with van der Waals surface area (Å²) in [7, 11) is 0. The van der Waals surface area contributed by atoms with Crippen molar-refractivity contribution in [2.75, 3.05) is 0 Å². The zero-order valence-corrected chi connectivity index (χ0v) is 10.3. The monoisotopic (exact) mass is 208 g/mol. The van der Waals surface area contributed by atoms with Crippen molar-refractivity contribution in [1.29, 1.82) is 0 Å². The van der Waals surface area contributed by atoms with Gasteiger partial charge in [0.1, 0.15) is 0 Å². The lowest BCUT2D eigenvalue weighted by molar-refractivity contribution is 0.123. The number of hydrogen-bond acceptors (Lipinski definition) is 1. The molecule has 1 fully saturated rings. The number of aliphatic hydroxyl groups is 1. The molecule has 1 aliphatic carbocycles. The Hall–Kier alpha value is -0.560. The van der Waals surface area contributed by atoms with Crippen LogP contribution in [0.1, 0.15) is 52.9 Å². The van der Waals surface area contributed by atoms with Gasteiger partial charge in [0.15, 0.2) is 0 Å². The molecule has 2 unspecified atom stereocenters. The lowest BCUT2D eigenvalue weighted by Gasteiger charge is -2.38. The van der Waals surface area contributed by atoms with Crippen LogP contribution in [-0.4, -0.2) is 11.2 Å². The Balaban J connectivity index is 2.57. The minimum absolute atomic E-state index is 0.156. The minimum atomic E-state index is -0.268. The molecule has 0 aromatic heterocycles. The van der Waals surface area contributed by atoms with Crippen LogP contribution in [0.25, 0.3) is 0 Å². The van der Waals surface area contributed by atoms with Gasteiger partial charge in [-0.25, -0.2) is 0 Å². The maximum Gasteiger partial charge on any atom is 0.0752 e. The smallest absolute Gasteiger partial charge is 0.0752 e. The van der Waals surface area contributed by atoms with Crippen LogP contribution < -0.4 is 0 Å². The van der Waals surface area contributed by atoms with Gasteiger partial charge in [0.05, 0.1) is 6.10 Å². The first-order chi connectivity index (χ1) is 6.96. The minimum Gasteiger partial charge on any atom is -0.389 e. The molecule has 15 heavy (non-hydrogen) atoms. The highest BCUT2D eigenvalue weighted by Gasteiger charge is 2.34. The first kappa shape index (κ1) is 12.5. The van der Waals surface area contributed by atoms with Gasteiger partial charge in [-0.05, 0) is 56.9 Å². The molecule has 0 saturated heterocycles. The quantitative estimate of drug-likeness (QED) is 0.699. The maximum atomic E-state index is 9.81. The van der Waals surface area contributed by atoms with Gasteiger partial charge in [0.2, 0.25) is 0 Å². The van der Waals surface area contributed by atoms with Crippen LogP contribution in [-0.2, 0) is 0 Å². The average Bonchev–Trinajstić information content (AvgIpc) is 2.14. The van der Waals surface area contributed by atoms with E-state index in [1.807, 2.05) is 0 Å². The second-order valence-electron chi connectivity index (χ2n) is 5.31. The van der Waals surface area contributed by atoms with Crippen LogP contribution in [0.5, 0.6) is 0 Å². The van der Waals surface area contributed by atoms with Gasteiger partial charge in [-0.1, -0.05) is 25.2 Å². The fourth-order valence-corrected chi connectivity index (χ4v) is 2.39. The molecule has 0 amide bonds. The summed E-state index contributed by atoms with van der Waals surface area (Å²) >= 11 is 0. The fraction of sp³-hybridized carbons (Fsp3) is 0.714. The fourth-order valence-electron chi connectivity index (χ4n) is 2.39. The van der Waals surface area contributed by atoms with Crippen molar-refractivity contribution in [2.24, 2.45) is 5.41 Å². The van der Waals surface area contributed by atoms with E-state index in [2.05, 4.69) is 33.4 Å². The van der Waals surface area contributed by atoms with Crippen molar-refractivity contribution in [3.05, 3.63) is 23.8 Å². The van der Waals surface area contributed by atoms with E-state index in [1.165, 1.54) is 12.0 Å². The van der Waals surface area contributed by atoms with Crippen molar-refractivity contribution in [1.82, 2.24) is 0 Å². The van der Waals surface area contributed by atoms with E-state index in [0.29, 0.717) is 0 Å². The van der Waals surface area contributed by atoms with E-state index in [1.54, 1.807) is 0 Å². The van der Waals surface area contributed by atoms with Crippen LogP contribution in [0.3, 0.4) is 0 Å². The SMILES string of the molecule is C=C1C(O)CCCC1(C)CCC=C(C)C. The standard InChI is InChI=1S/C14H24O/c1-11(2)7-5-9-14(4)10-6-8-13(15)12(14)3/h7,13,15H,3,5-6,8-10H2,1-2,4H3. The third-order valence-electron chi connectivity index (χ3n) is 3.63. The zero-order valence-electron chi connectivity index (χ0n) is 10.3. The molecule has 0 aromatic carbocycles. The van der Waals surface area contributed by atoms with Gasteiger partial charge < -0.3 is 5.11 Å². The molecule has 86 valence electrons. The molecule has 1 rings (SSSR count). The van der Waals surface area contributed by atoms with Crippen LogP contribution in [0.15, 0.2) is 23.8 Å². The van der Waals surface area contributed by atoms with E-state index < -0.39 is 0 Å². The molecule has 0 spiro atoms.